The first kappa shape index (κ1) is 53.2. The van der Waals surface area contributed by atoms with Crippen molar-refractivity contribution < 1.29 is 37.9 Å². The third-order valence-electron chi connectivity index (χ3n) is 15.1. The van der Waals surface area contributed by atoms with Gasteiger partial charge < -0.3 is 57.7 Å². The molecule has 4 aliphatic heterocycles. The monoisotopic (exact) mass is 1010 g/mol. The number of hydrogen-bond donors (Lipinski definition) is 2. The fraction of sp³-hybridized carbons (Fsp3) is 0.467. The smallest absolute Gasteiger partial charge is 0.0768 e. The highest BCUT2D eigenvalue weighted by molar-refractivity contribution is 6.03. The average Bonchev–Trinajstić information content (AvgIpc) is 4.04. The molecular weight excluding hydrogens is 933 g/mol. The number of anilines is 2. The van der Waals surface area contributed by atoms with Crippen molar-refractivity contribution in [3.8, 4) is 22.3 Å². The lowest BCUT2D eigenvalue weighted by molar-refractivity contribution is 0.00206. The standard InChI is InChI=1S/C60H76N6O8/c1-39-43(5)57-55(47-9-13-49(14-10-47)65-17-21-67-25-29-71-33-34-72-30-26-68-22-18-65)58-45(7)41(3)53(63-58)38-54-42(4)46(8)60(64-54)56(59-44(6)40(2)52(62-59)37-51(39)61-57)48-11-15-50(16-12-48)66-19-23-69-27-31-73-35-36-74-32-28-70-24-20-66/h9-16,37-38,61,64H,17-36H2,1-8H3. The summed E-state index contributed by atoms with van der Waals surface area (Å²) in [6.45, 7) is 29.5. The predicted molar refractivity (Wildman–Crippen MR) is 298 cm³/mol. The van der Waals surface area contributed by atoms with E-state index < -0.39 is 0 Å². The van der Waals surface area contributed by atoms with Gasteiger partial charge in [0.25, 0.3) is 0 Å². The maximum absolute atomic E-state index is 5.99. The molecule has 0 amide bonds. The number of benzene rings is 2. The Morgan fingerprint density at radius 3 is 0.932 bits per heavy atom. The van der Waals surface area contributed by atoms with Crippen molar-refractivity contribution in [2.45, 2.75) is 55.4 Å². The quantitative estimate of drug-likeness (QED) is 0.177. The molecule has 0 radical (unpaired) electrons. The molecule has 394 valence electrons. The average molecular weight is 1010 g/mol. The molecule has 8 bridgehead atoms. The largest absolute Gasteiger partial charge is 0.377 e. The van der Waals surface area contributed by atoms with Gasteiger partial charge in [0.1, 0.15) is 0 Å². The van der Waals surface area contributed by atoms with Crippen molar-refractivity contribution in [3.63, 3.8) is 0 Å². The minimum absolute atomic E-state index is 0.545. The van der Waals surface area contributed by atoms with Gasteiger partial charge in [-0.05, 0) is 147 Å². The lowest BCUT2D eigenvalue weighted by atomic mass is 9.96. The number of nitrogens with one attached hydrogen (secondary N) is 2. The second kappa shape index (κ2) is 25.2. The first-order chi connectivity index (χ1) is 36.1. The number of hydrogen-bond acceptors (Lipinski definition) is 12. The highest BCUT2D eigenvalue weighted by Crippen LogP contribution is 2.43. The molecule has 0 saturated carbocycles. The molecule has 4 aliphatic rings. The Bertz CT molecular complexity index is 2740. The van der Waals surface area contributed by atoms with Crippen LogP contribution < -0.4 is 9.80 Å². The van der Waals surface area contributed by atoms with Crippen molar-refractivity contribution in [3.05, 3.63) is 106 Å². The molecule has 74 heavy (non-hydrogen) atoms. The van der Waals surface area contributed by atoms with Crippen LogP contribution in [0.15, 0.2) is 60.7 Å². The summed E-state index contributed by atoms with van der Waals surface area (Å²) in [5.41, 5.74) is 23.7. The SMILES string of the molecule is CC1=C(C)c2nc1cc1[nH]c(c(C)c1C)c(-c1ccc(N3CCOCCOCCOCCOCC3)cc1)c1nc(cc3[nH]c(c(C)c3C)c2-c2ccc(N3CCOCCOCCOCCOCC3)cc2)C(C)=C1C. The molecule has 2 fully saturated rings. The van der Waals surface area contributed by atoms with Crippen LogP contribution >= 0.6 is 0 Å². The minimum Gasteiger partial charge on any atom is -0.377 e. The van der Waals surface area contributed by atoms with Crippen molar-refractivity contribution in [2.75, 3.05) is 142 Å². The van der Waals surface area contributed by atoms with E-state index in [-0.39, 0.29) is 0 Å². The number of aryl methyl sites for hydroxylation is 4. The van der Waals surface area contributed by atoms with E-state index in [4.69, 9.17) is 47.9 Å². The molecule has 0 aliphatic carbocycles. The van der Waals surface area contributed by atoms with Crippen LogP contribution in [-0.2, 0) is 37.9 Å². The van der Waals surface area contributed by atoms with Crippen molar-refractivity contribution >= 4 is 55.7 Å². The van der Waals surface area contributed by atoms with Crippen LogP contribution in [0.5, 0.6) is 0 Å². The van der Waals surface area contributed by atoms with Crippen molar-refractivity contribution in [1.82, 2.24) is 19.9 Å². The Morgan fingerprint density at radius 1 is 0.351 bits per heavy atom. The third-order valence-corrected chi connectivity index (χ3v) is 15.1. The summed E-state index contributed by atoms with van der Waals surface area (Å²) in [4.78, 5) is 23.6. The number of aromatic amines is 2. The van der Waals surface area contributed by atoms with Gasteiger partial charge in [-0.3, -0.25) is 0 Å². The van der Waals surface area contributed by atoms with Crippen LogP contribution in [0.3, 0.4) is 0 Å². The summed E-state index contributed by atoms with van der Waals surface area (Å²) < 4.78 is 46.6. The van der Waals surface area contributed by atoms with Crippen LogP contribution in [0.25, 0.3) is 66.6 Å². The fourth-order valence-corrected chi connectivity index (χ4v) is 10.0. The molecule has 2 saturated heterocycles. The van der Waals surface area contributed by atoms with E-state index in [1.807, 2.05) is 0 Å². The molecule has 0 atom stereocenters. The fourth-order valence-electron chi connectivity index (χ4n) is 10.0. The van der Waals surface area contributed by atoms with E-state index in [9.17, 15) is 0 Å². The van der Waals surface area contributed by atoms with Gasteiger partial charge >= 0.3 is 0 Å². The highest BCUT2D eigenvalue weighted by atomic mass is 16.6. The zero-order valence-corrected chi connectivity index (χ0v) is 45.0. The van der Waals surface area contributed by atoms with E-state index in [1.165, 1.54) is 22.3 Å². The van der Waals surface area contributed by atoms with Gasteiger partial charge in [0.15, 0.2) is 0 Å². The van der Waals surface area contributed by atoms with Crippen LogP contribution in [-0.4, -0.2) is 152 Å². The third kappa shape index (κ3) is 12.2. The Labute approximate surface area is 437 Å². The minimum atomic E-state index is 0.545. The molecule has 0 spiro atoms. The normalized spacial score (nSPS) is 18.2. The van der Waals surface area contributed by atoms with Gasteiger partial charge in [-0.2, -0.15) is 0 Å². The van der Waals surface area contributed by atoms with Gasteiger partial charge in [0, 0.05) is 59.7 Å². The Hall–Kier alpha value is -5.68. The van der Waals surface area contributed by atoms with Gasteiger partial charge in [0.2, 0.25) is 0 Å². The lowest BCUT2D eigenvalue weighted by Gasteiger charge is -2.25. The number of rotatable bonds is 4. The van der Waals surface area contributed by atoms with Gasteiger partial charge in [0.05, 0.1) is 140 Å². The predicted octanol–water partition coefficient (Wildman–Crippen LogP) is 10.6. The number of H-pyrrole nitrogens is 2. The van der Waals surface area contributed by atoms with Gasteiger partial charge in [-0.15, -0.1) is 0 Å². The summed E-state index contributed by atoms with van der Waals surface area (Å²) in [5.74, 6) is 0. The lowest BCUT2D eigenvalue weighted by Crippen LogP contribution is -2.31. The first-order valence-electron chi connectivity index (χ1n) is 26.5. The van der Waals surface area contributed by atoms with Crippen LogP contribution in [0.4, 0.5) is 11.4 Å². The molecular formula is C60H76N6O8. The summed E-state index contributed by atoms with van der Waals surface area (Å²) in [5, 5.41) is 0. The summed E-state index contributed by atoms with van der Waals surface area (Å²) >= 11 is 0. The maximum atomic E-state index is 5.99. The number of allylic oxidation sites excluding steroid dienone is 4. The molecule has 9 rings (SSSR count). The second-order valence-corrected chi connectivity index (χ2v) is 19.5. The Morgan fingerprint density at radius 2 is 0.635 bits per heavy atom. The van der Waals surface area contributed by atoms with Crippen LogP contribution in [0.2, 0.25) is 0 Å². The highest BCUT2D eigenvalue weighted by Gasteiger charge is 2.25. The van der Waals surface area contributed by atoms with E-state index >= 15 is 0 Å². The Balaban J connectivity index is 1.15. The van der Waals surface area contributed by atoms with Gasteiger partial charge in [-0.1, -0.05) is 24.3 Å². The summed E-state index contributed by atoms with van der Waals surface area (Å²) in [7, 11) is 0. The molecule has 14 nitrogen and oxygen atoms in total. The zero-order valence-electron chi connectivity index (χ0n) is 45.0. The maximum Gasteiger partial charge on any atom is 0.0768 e. The second-order valence-electron chi connectivity index (χ2n) is 19.5. The number of aromatic nitrogens is 4. The van der Waals surface area contributed by atoms with E-state index in [0.29, 0.717) is 106 Å². The topological polar surface area (TPSA) is 138 Å². The van der Waals surface area contributed by atoms with Crippen molar-refractivity contribution in [2.24, 2.45) is 0 Å². The van der Waals surface area contributed by atoms with E-state index in [2.05, 4.69) is 136 Å². The Kier molecular flexibility index (Phi) is 18.1. The van der Waals surface area contributed by atoms with Gasteiger partial charge in [-0.25, -0.2) is 9.97 Å². The first-order valence-corrected chi connectivity index (χ1v) is 26.5. The molecule has 3 aromatic heterocycles. The van der Waals surface area contributed by atoms with E-state index in [1.54, 1.807) is 0 Å². The molecule has 2 aromatic carbocycles. The number of ether oxygens (including phenoxy) is 8. The van der Waals surface area contributed by atoms with E-state index in [0.717, 1.165) is 127 Å². The van der Waals surface area contributed by atoms with Crippen LogP contribution in [0.1, 0.15) is 72.7 Å². The number of fused-ring (bicyclic) bond motifs is 8. The number of nitrogens with zero attached hydrogens (tertiary/aromatic N) is 4. The zero-order chi connectivity index (χ0) is 51.6. The van der Waals surface area contributed by atoms with Crippen molar-refractivity contribution in [1.29, 1.82) is 0 Å². The van der Waals surface area contributed by atoms with Crippen LogP contribution in [0, 0.1) is 27.7 Å². The molecule has 5 aromatic rings. The summed E-state index contributed by atoms with van der Waals surface area (Å²) in [6.07, 6.45) is 0. The summed E-state index contributed by atoms with van der Waals surface area (Å²) in [6, 6.07) is 22.3. The molecule has 14 heteroatoms. The molecule has 2 N–H and O–H groups in total. The molecule has 7 heterocycles. The molecule has 0 unspecified atom stereocenters.